The maximum atomic E-state index is 12.9. The van der Waals surface area contributed by atoms with E-state index in [0.29, 0.717) is 5.82 Å². The third kappa shape index (κ3) is 1.45. The molecule has 66 valence electrons. The van der Waals surface area contributed by atoms with Crippen molar-refractivity contribution in [1.82, 2.24) is 9.97 Å². The fourth-order valence-corrected chi connectivity index (χ4v) is 1.26. The molecule has 2 rings (SSSR count). The van der Waals surface area contributed by atoms with Crippen molar-refractivity contribution >= 4 is 0 Å². The molecule has 0 spiro atoms. The molecule has 13 heavy (non-hydrogen) atoms. The van der Waals surface area contributed by atoms with Gasteiger partial charge in [-0.1, -0.05) is 6.07 Å². The molecule has 0 aliphatic rings. The van der Waals surface area contributed by atoms with Gasteiger partial charge in [-0.2, -0.15) is 0 Å². The third-order valence-electron chi connectivity index (χ3n) is 1.95. The van der Waals surface area contributed by atoms with Gasteiger partial charge in [0.25, 0.3) is 0 Å². The lowest BCUT2D eigenvalue weighted by Gasteiger charge is -2.01. The highest BCUT2D eigenvalue weighted by molar-refractivity contribution is 5.59. The zero-order valence-electron chi connectivity index (χ0n) is 7.21. The molecular formula is C10H9FN2. The number of hydrogen-bond donors (Lipinski definition) is 1. The van der Waals surface area contributed by atoms with E-state index in [2.05, 4.69) is 9.97 Å². The molecule has 0 atom stereocenters. The fourth-order valence-electron chi connectivity index (χ4n) is 1.26. The summed E-state index contributed by atoms with van der Waals surface area (Å²) in [5.74, 6) is 0.467. The van der Waals surface area contributed by atoms with Crippen LogP contribution in [0.25, 0.3) is 11.4 Å². The topological polar surface area (TPSA) is 28.7 Å². The van der Waals surface area contributed by atoms with Gasteiger partial charge in [0.05, 0.1) is 0 Å². The normalized spacial score (nSPS) is 10.3. The van der Waals surface area contributed by atoms with Crippen molar-refractivity contribution in [2.45, 2.75) is 6.92 Å². The lowest BCUT2D eigenvalue weighted by Crippen LogP contribution is -1.86. The third-order valence-corrected chi connectivity index (χ3v) is 1.95. The molecule has 0 radical (unpaired) electrons. The predicted molar refractivity (Wildman–Crippen MR) is 48.7 cm³/mol. The van der Waals surface area contributed by atoms with Crippen LogP contribution in [0.3, 0.4) is 0 Å². The molecule has 0 aliphatic heterocycles. The highest BCUT2D eigenvalue weighted by Gasteiger charge is 2.04. The van der Waals surface area contributed by atoms with Crippen LogP contribution in [-0.4, -0.2) is 9.97 Å². The molecule has 0 fully saturated rings. The SMILES string of the molecule is Cc1ccc(F)cc1-c1ncc[nH]1. The number of aryl methyl sites for hydroxylation is 1. The average molecular weight is 176 g/mol. The van der Waals surface area contributed by atoms with E-state index in [1.165, 1.54) is 12.1 Å². The molecule has 1 heterocycles. The van der Waals surface area contributed by atoms with Crippen LogP contribution >= 0.6 is 0 Å². The van der Waals surface area contributed by atoms with Crippen LogP contribution in [-0.2, 0) is 0 Å². The van der Waals surface area contributed by atoms with Crippen molar-refractivity contribution < 1.29 is 4.39 Å². The van der Waals surface area contributed by atoms with Crippen LogP contribution in [0.1, 0.15) is 5.56 Å². The molecule has 1 aromatic heterocycles. The van der Waals surface area contributed by atoms with Gasteiger partial charge in [-0.3, -0.25) is 0 Å². The Morgan fingerprint density at radius 3 is 2.92 bits per heavy atom. The van der Waals surface area contributed by atoms with Crippen molar-refractivity contribution in [3.05, 3.63) is 42.0 Å². The number of nitrogens with one attached hydrogen (secondary N) is 1. The van der Waals surface area contributed by atoms with E-state index >= 15 is 0 Å². The van der Waals surface area contributed by atoms with Gasteiger partial charge in [0.2, 0.25) is 0 Å². The Bertz CT molecular complexity index is 407. The molecule has 0 amide bonds. The second-order valence-corrected chi connectivity index (χ2v) is 2.90. The molecule has 0 unspecified atom stereocenters. The summed E-state index contributed by atoms with van der Waals surface area (Å²) in [5, 5.41) is 0. The zero-order chi connectivity index (χ0) is 9.26. The summed E-state index contributed by atoms with van der Waals surface area (Å²) in [6, 6.07) is 4.67. The maximum absolute atomic E-state index is 12.9. The molecule has 2 aromatic rings. The Morgan fingerprint density at radius 1 is 1.38 bits per heavy atom. The minimum absolute atomic E-state index is 0.239. The molecule has 1 aromatic carbocycles. The van der Waals surface area contributed by atoms with E-state index in [1.54, 1.807) is 18.5 Å². The molecular weight excluding hydrogens is 167 g/mol. The van der Waals surface area contributed by atoms with E-state index in [4.69, 9.17) is 0 Å². The summed E-state index contributed by atoms with van der Waals surface area (Å²) in [4.78, 5) is 7.01. The second kappa shape index (κ2) is 3.01. The number of benzene rings is 1. The van der Waals surface area contributed by atoms with Gasteiger partial charge in [0, 0.05) is 18.0 Å². The summed E-state index contributed by atoms with van der Waals surface area (Å²) in [5.41, 5.74) is 1.82. The van der Waals surface area contributed by atoms with Gasteiger partial charge >= 0.3 is 0 Å². The highest BCUT2D eigenvalue weighted by atomic mass is 19.1. The number of hydrogen-bond acceptors (Lipinski definition) is 1. The molecule has 0 bridgehead atoms. The van der Waals surface area contributed by atoms with Gasteiger partial charge in [-0.25, -0.2) is 9.37 Å². The number of imidazole rings is 1. The summed E-state index contributed by atoms with van der Waals surface area (Å²) < 4.78 is 12.9. The first-order valence-corrected chi connectivity index (χ1v) is 4.03. The fraction of sp³-hybridized carbons (Fsp3) is 0.100. The predicted octanol–water partition coefficient (Wildman–Crippen LogP) is 2.52. The zero-order valence-corrected chi connectivity index (χ0v) is 7.21. The molecule has 2 nitrogen and oxygen atoms in total. The van der Waals surface area contributed by atoms with Crippen molar-refractivity contribution in [3.8, 4) is 11.4 Å². The second-order valence-electron chi connectivity index (χ2n) is 2.90. The average Bonchev–Trinajstić information content (AvgIpc) is 2.61. The molecule has 0 saturated carbocycles. The quantitative estimate of drug-likeness (QED) is 0.710. The van der Waals surface area contributed by atoms with E-state index in [1.807, 2.05) is 6.92 Å². The maximum Gasteiger partial charge on any atom is 0.137 e. The van der Waals surface area contributed by atoms with Crippen LogP contribution in [0.5, 0.6) is 0 Å². The Hall–Kier alpha value is -1.64. The molecule has 3 heteroatoms. The lowest BCUT2D eigenvalue weighted by molar-refractivity contribution is 0.628. The van der Waals surface area contributed by atoms with Crippen LogP contribution in [0.2, 0.25) is 0 Å². The van der Waals surface area contributed by atoms with Crippen LogP contribution in [0.4, 0.5) is 4.39 Å². The Kier molecular flexibility index (Phi) is 1.85. The summed E-state index contributed by atoms with van der Waals surface area (Å²) in [6.07, 6.45) is 3.37. The van der Waals surface area contributed by atoms with Crippen molar-refractivity contribution in [2.75, 3.05) is 0 Å². The van der Waals surface area contributed by atoms with E-state index in [9.17, 15) is 4.39 Å². The van der Waals surface area contributed by atoms with Crippen molar-refractivity contribution in [2.24, 2.45) is 0 Å². The monoisotopic (exact) mass is 176 g/mol. The Balaban J connectivity index is 2.57. The minimum atomic E-state index is -0.239. The number of aromatic amines is 1. The lowest BCUT2D eigenvalue weighted by atomic mass is 10.1. The minimum Gasteiger partial charge on any atom is -0.345 e. The molecule has 1 N–H and O–H groups in total. The molecule has 0 aliphatic carbocycles. The van der Waals surface area contributed by atoms with Gasteiger partial charge < -0.3 is 4.98 Å². The number of nitrogens with zero attached hydrogens (tertiary/aromatic N) is 1. The van der Waals surface area contributed by atoms with Gasteiger partial charge in [0.15, 0.2) is 0 Å². The van der Waals surface area contributed by atoms with Gasteiger partial charge in [-0.05, 0) is 24.6 Å². The van der Waals surface area contributed by atoms with E-state index in [0.717, 1.165) is 11.1 Å². The summed E-state index contributed by atoms with van der Waals surface area (Å²) >= 11 is 0. The summed E-state index contributed by atoms with van der Waals surface area (Å²) in [7, 11) is 0. The smallest absolute Gasteiger partial charge is 0.137 e. The van der Waals surface area contributed by atoms with Crippen molar-refractivity contribution in [1.29, 1.82) is 0 Å². The van der Waals surface area contributed by atoms with Gasteiger partial charge in [-0.15, -0.1) is 0 Å². The van der Waals surface area contributed by atoms with Gasteiger partial charge in [0.1, 0.15) is 11.6 Å². The van der Waals surface area contributed by atoms with E-state index in [-0.39, 0.29) is 5.82 Å². The Morgan fingerprint density at radius 2 is 2.23 bits per heavy atom. The van der Waals surface area contributed by atoms with Crippen LogP contribution in [0, 0.1) is 12.7 Å². The largest absolute Gasteiger partial charge is 0.345 e. The first kappa shape index (κ1) is 7.98. The van der Waals surface area contributed by atoms with Crippen LogP contribution < -0.4 is 0 Å². The Labute approximate surface area is 75.4 Å². The first-order chi connectivity index (χ1) is 6.27. The highest BCUT2D eigenvalue weighted by Crippen LogP contribution is 2.20. The number of rotatable bonds is 1. The first-order valence-electron chi connectivity index (χ1n) is 4.03. The number of halogens is 1. The summed E-state index contributed by atoms with van der Waals surface area (Å²) in [6.45, 7) is 1.93. The van der Waals surface area contributed by atoms with Crippen molar-refractivity contribution in [3.63, 3.8) is 0 Å². The molecule has 0 saturated heterocycles. The standard InChI is InChI=1S/C10H9FN2/c1-7-2-3-8(11)6-9(7)10-12-4-5-13-10/h2-6H,1H3,(H,12,13). The number of H-pyrrole nitrogens is 1. The van der Waals surface area contributed by atoms with Crippen LogP contribution in [0.15, 0.2) is 30.6 Å². The van der Waals surface area contributed by atoms with E-state index < -0.39 is 0 Å². The number of aromatic nitrogens is 2.